The molecule has 96 valence electrons. The highest BCUT2D eigenvalue weighted by molar-refractivity contribution is 7.08. The Balaban J connectivity index is 2.09. The van der Waals surface area contributed by atoms with Gasteiger partial charge in [-0.1, -0.05) is 6.92 Å². The van der Waals surface area contributed by atoms with Crippen LogP contribution in [0, 0.1) is 0 Å². The van der Waals surface area contributed by atoms with E-state index < -0.39 is 11.9 Å². The largest absolute Gasteiger partial charge is 0.481 e. The Hall–Kier alpha value is -1.82. The molecule has 2 aromatic rings. The summed E-state index contributed by atoms with van der Waals surface area (Å²) in [7, 11) is 0. The first-order chi connectivity index (χ1) is 8.72. The fourth-order valence-corrected chi connectivity index (χ4v) is 2.68. The standard InChI is InChI=1S/C12H15N3O2S/c1-2-9(12(16)17)10-5-18-6-11(10)14-4-8-3-13-7-15-8/h3,5-7,9,14H,2,4H2,1H3,(H,13,15)(H,16,17). The third-order valence-corrected chi connectivity index (χ3v) is 3.55. The zero-order chi connectivity index (χ0) is 13.0. The van der Waals surface area contributed by atoms with E-state index >= 15 is 0 Å². The van der Waals surface area contributed by atoms with Crippen molar-refractivity contribution in [2.75, 3.05) is 5.32 Å². The highest BCUT2D eigenvalue weighted by Crippen LogP contribution is 2.31. The van der Waals surface area contributed by atoms with Crippen LogP contribution in [0.1, 0.15) is 30.5 Å². The van der Waals surface area contributed by atoms with Gasteiger partial charge >= 0.3 is 5.97 Å². The molecule has 0 aliphatic rings. The molecule has 0 radical (unpaired) electrons. The molecule has 5 nitrogen and oxygen atoms in total. The molecule has 0 aromatic carbocycles. The molecule has 0 saturated heterocycles. The molecule has 0 aliphatic carbocycles. The van der Waals surface area contributed by atoms with Gasteiger partial charge in [-0.3, -0.25) is 4.79 Å². The van der Waals surface area contributed by atoms with Crippen LogP contribution in [0.2, 0.25) is 0 Å². The Morgan fingerprint density at radius 2 is 2.44 bits per heavy atom. The van der Waals surface area contributed by atoms with Crippen molar-refractivity contribution in [1.29, 1.82) is 0 Å². The number of rotatable bonds is 6. The molecule has 2 rings (SSSR count). The second-order valence-electron chi connectivity index (χ2n) is 3.95. The Bertz CT molecular complexity index is 507. The van der Waals surface area contributed by atoms with Crippen LogP contribution in [0.5, 0.6) is 0 Å². The summed E-state index contributed by atoms with van der Waals surface area (Å²) in [5, 5.41) is 16.2. The van der Waals surface area contributed by atoms with Crippen LogP contribution in [0.25, 0.3) is 0 Å². The van der Waals surface area contributed by atoms with Crippen molar-refractivity contribution in [2.45, 2.75) is 25.8 Å². The summed E-state index contributed by atoms with van der Waals surface area (Å²) in [5.41, 5.74) is 2.64. The number of nitrogens with zero attached hydrogens (tertiary/aromatic N) is 1. The lowest BCUT2D eigenvalue weighted by atomic mass is 9.98. The van der Waals surface area contributed by atoms with Crippen LogP contribution in [-0.4, -0.2) is 21.0 Å². The number of thiophene rings is 1. The minimum atomic E-state index is -0.779. The van der Waals surface area contributed by atoms with E-state index in [1.165, 1.54) is 11.3 Å². The number of aromatic amines is 1. The molecule has 1 atom stereocenters. The third-order valence-electron chi connectivity index (χ3n) is 2.79. The fourth-order valence-electron chi connectivity index (χ4n) is 1.82. The van der Waals surface area contributed by atoms with Gasteiger partial charge in [-0.25, -0.2) is 4.98 Å². The second kappa shape index (κ2) is 5.68. The van der Waals surface area contributed by atoms with Crippen LogP contribution in [0.15, 0.2) is 23.3 Å². The lowest BCUT2D eigenvalue weighted by Gasteiger charge is -2.12. The maximum atomic E-state index is 11.2. The number of aromatic nitrogens is 2. The first kappa shape index (κ1) is 12.6. The molecule has 2 heterocycles. The van der Waals surface area contributed by atoms with Crippen LogP contribution < -0.4 is 5.32 Å². The van der Waals surface area contributed by atoms with E-state index in [1.54, 1.807) is 6.33 Å². The lowest BCUT2D eigenvalue weighted by Crippen LogP contribution is -2.12. The Kier molecular flexibility index (Phi) is 3.99. The van der Waals surface area contributed by atoms with Crippen molar-refractivity contribution in [3.63, 3.8) is 0 Å². The number of anilines is 1. The minimum Gasteiger partial charge on any atom is -0.481 e. The van der Waals surface area contributed by atoms with Crippen molar-refractivity contribution in [1.82, 2.24) is 9.97 Å². The molecule has 18 heavy (non-hydrogen) atoms. The zero-order valence-electron chi connectivity index (χ0n) is 10.0. The van der Waals surface area contributed by atoms with Gasteiger partial charge in [0.25, 0.3) is 0 Å². The zero-order valence-corrected chi connectivity index (χ0v) is 10.8. The Morgan fingerprint density at radius 3 is 3.06 bits per heavy atom. The van der Waals surface area contributed by atoms with Crippen molar-refractivity contribution >= 4 is 23.0 Å². The number of carboxylic acids is 1. The number of carboxylic acid groups (broad SMARTS) is 1. The Labute approximate surface area is 109 Å². The summed E-state index contributed by atoms with van der Waals surface area (Å²) in [6.07, 6.45) is 4.02. The molecule has 0 fully saturated rings. The van der Waals surface area contributed by atoms with Crippen LogP contribution in [0.3, 0.4) is 0 Å². The van der Waals surface area contributed by atoms with Gasteiger partial charge in [0, 0.05) is 22.8 Å². The second-order valence-corrected chi connectivity index (χ2v) is 4.70. The SMILES string of the molecule is CCC(C(=O)O)c1cscc1NCc1c[nH]cn1. The van der Waals surface area contributed by atoms with Gasteiger partial charge in [0.1, 0.15) is 0 Å². The van der Waals surface area contributed by atoms with Gasteiger partial charge in [-0.15, -0.1) is 11.3 Å². The fraction of sp³-hybridized carbons (Fsp3) is 0.333. The van der Waals surface area contributed by atoms with E-state index in [2.05, 4.69) is 15.3 Å². The first-order valence-electron chi connectivity index (χ1n) is 5.72. The average molecular weight is 265 g/mol. The summed E-state index contributed by atoms with van der Waals surface area (Å²) >= 11 is 1.51. The predicted molar refractivity (Wildman–Crippen MR) is 70.9 cm³/mol. The average Bonchev–Trinajstić information content (AvgIpc) is 2.97. The van der Waals surface area contributed by atoms with Crippen LogP contribution >= 0.6 is 11.3 Å². The highest BCUT2D eigenvalue weighted by atomic mass is 32.1. The number of H-pyrrole nitrogens is 1. The minimum absolute atomic E-state index is 0.446. The van der Waals surface area contributed by atoms with E-state index in [0.29, 0.717) is 13.0 Å². The highest BCUT2D eigenvalue weighted by Gasteiger charge is 2.21. The van der Waals surface area contributed by atoms with Crippen LogP contribution in [-0.2, 0) is 11.3 Å². The summed E-state index contributed by atoms with van der Waals surface area (Å²) in [6.45, 7) is 2.47. The smallest absolute Gasteiger partial charge is 0.311 e. The molecule has 0 amide bonds. The number of imidazole rings is 1. The number of hydrogen-bond donors (Lipinski definition) is 3. The third kappa shape index (κ3) is 2.70. The number of nitrogens with one attached hydrogen (secondary N) is 2. The molecule has 6 heteroatoms. The summed E-state index contributed by atoms with van der Waals surface area (Å²) in [6, 6.07) is 0. The molecular formula is C12H15N3O2S. The molecule has 3 N–H and O–H groups in total. The van der Waals surface area contributed by atoms with Crippen molar-refractivity contribution in [3.8, 4) is 0 Å². The van der Waals surface area contributed by atoms with Gasteiger partial charge in [-0.05, 0) is 11.8 Å². The number of carbonyl (C=O) groups is 1. The Morgan fingerprint density at radius 1 is 1.61 bits per heavy atom. The van der Waals surface area contributed by atoms with Gasteiger partial charge in [-0.2, -0.15) is 0 Å². The predicted octanol–water partition coefficient (Wildman–Crippen LogP) is 2.66. The number of aliphatic carboxylic acids is 1. The van der Waals surface area contributed by atoms with E-state index in [1.807, 2.05) is 23.9 Å². The van der Waals surface area contributed by atoms with E-state index in [4.69, 9.17) is 0 Å². The summed E-state index contributed by atoms with van der Waals surface area (Å²) in [4.78, 5) is 18.2. The van der Waals surface area contributed by atoms with E-state index in [0.717, 1.165) is 16.9 Å². The normalized spacial score (nSPS) is 12.3. The topological polar surface area (TPSA) is 78.0 Å². The molecular weight excluding hydrogens is 250 g/mol. The van der Waals surface area contributed by atoms with E-state index in [-0.39, 0.29) is 0 Å². The van der Waals surface area contributed by atoms with Crippen molar-refractivity contribution in [2.24, 2.45) is 0 Å². The lowest BCUT2D eigenvalue weighted by molar-refractivity contribution is -0.138. The van der Waals surface area contributed by atoms with Gasteiger partial charge in [0.15, 0.2) is 0 Å². The summed E-state index contributed by atoms with van der Waals surface area (Å²) < 4.78 is 0. The molecule has 0 aliphatic heterocycles. The van der Waals surface area contributed by atoms with Crippen LogP contribution in [0.4, 0.5) is 5.69 Å². The van der Waals surface area contributed by atoms with Crippen molar-refractivity contribution in [3.05, 3.63) is 34.5 Å². The van der Waals surface area contributed by atoms with Gasteiger partial charge < -0.3 is 15.4 Å². The van der Waals surface area contributed by atoms with Crippen molar-refractivity contribution < 1.29 is 9.90 Å². The summed E-state index contributed by atoms with van der Waals surface area (Å²) in [5.74, 6) is -1.23. The van der Waals surface area contributed by atoms with Gasteiger partial charge in [0.2, 0.25) is 0 Å². The number of hydrogen-bond acceptors (Lipinski definition) is 4. The molecule has 1 unspecified atom stereocenters. The quantitative estimate of drug-likeness (QED) is 0.750. The van der Waals surface area contributed by atoms with Gasteiger partial charge in [0.05, 0.1) is 24.5 Å². The molecule has 2 aromatic heterocycles. The molecule has 0 saturated carbocycles. The van der Waals surface area contributed by atoms with E-state index in [9.17, 15) is 9.90 Å². The maximum absolute atomic E-state index is 11.2. The monoisotopic (exact) mass is 265 g/mol. The molecule has 0 bridgehead atoms. The maximum Gasteiger partial charge on any atom is 0.311 e. The molecule has 0 spiro atoms. The first-order valence-corrected chi connectivity index (χ1v) is 6.67.